The molecular formula is C34H48ClN3O3SSi. The number of hydrogen-bond acceptors (Lipinski definition) is 6. The fraction of sp³-hybridized carbons (Fsp3) is 0.588. The van der Waals surface area contributed by atoms with Crippen LogP contribution < -0.4 is 4.90 Å². The minimum atomic E-state index is -1.87. The molecule has 234 valence electrons. The van der Waals surface area contributed by atoms with Crippen LogP contribution in [0.3, 0.4) is 0 Å². The van der Waals surface area contributed by atoms with E-state index in [2.05, 4.69) is 63.0 Å². The number of fused-ring (bicyclic) bond motifs is 2. The van der Waals surface area contributed by atoms with Crippen molar-refractivity contribution in [2.24, 2.45) is 0 Å². The summed E-state index contributed by atoms with van der Waals surface area (Å²) in [6.45, 7) is 20.3. The number of thiophene rings is 1. The first kappa shape index (κ1) is 32.3. The van der Waals surface area contributed by atoms with E-state index in [1.165, 1.54) is 32.0 Å². The van der Waals surface area contributed by atoms with Crippen LogP contribution in [0.5, 0.6) is 0 Å². The molecule has 0 aliphatic carbocycles. The van der Waals surface area contributed by atoms with Gasteiger partial charge in [-0.2, -0.15) is 0 Å². The van der Waals surface area contributed by atoms with Gasteiger partial charge < -0.3 is 19.0 Å². The van der Waals surface area contributed by atoms with Gasteiger partial charge in [-0.3, -0.25) is 4.98 Å². The van der Waals surface area contributed by atoms with E-state index in [0.29, 0.717) is 19.2 Å². The standard InChI is InChI=1S/C34H48ClN3O3SSi/c1-33(2,3)41-32(39)37-16-10-12-25(14-18-37)38-17-9-11-23-19-24(35)20-28(30(23)38)27-13-15-36-29-21-26(42-31(27)29)22-40-43(7,8)34(4,5)6/h13,15,19-21,25H,9-12,14,16-18,22H2,1-8H3. The summed E-state index contributed by atoms with van der Waals surface area (Å²) in [6, 6.07) is 8.99. The number of anilines is 1. The lowest BCUT2D eigenvalue weighted by molar-refractivity contribution is 0.0256. The van der Waals surface area contributed by atoms with Gasteiger partial charge in [-0.1, -0.05) is 32.4 Å². The molecule has 5 rings (SSSR count). The highest BCUT2D eigenvalue weighted by atomic mass is 35.5. The Hall–Kier alpha value is -2.13. The number of carbonyl (C=O) groups excluding carboxylic acids is 1. The average molecular weight is 642 g/mol. The second-order valence-corrected chi connectivity index (χ2v) is 21.0. The van der Waals surface area contributed by atoms with Gasteiger partial charge in [-0.15, -0.1) is 11.3 Å². The predicted octanol–water partition coefficient (Wildman–Crippen LogP) is 9.68. The molecule has 1 aromatic carbocycles. The van der Waals surface area contributed by atoms with E-state index in [0.717, 1.165) is 55.7 Å². The fourth-order valence-corrected chi connectivity index (χ4v) is 8.30. The maximum atomic E-state index is 12.9. The Morgan fingerprint density at radius 3 is 2.53 bits per heavy atom. The Bertz CT molecular complexity index is 1480. The van der Waals surface area contributed by atoms with Gasteiger partial charge in [0.1, 0.15) is 5.60 Å². The van der Waals surface area contributed by atoms with Crippen molar-refractivity contribution in [2.45, 2.75) is 110 Å². The Labute approximate surface area is 267 Å². The maximum Gasteiger partial charge on any atom is 0.410 e. The molecule has 1 atom stereocenters. The van der Waals surface area contributed by atoms with E-state index < -0.39 is 13.9 Å². The van der Waals surface area contributed by atoms with Crippen molar-refractivity contribution in [3.05, 3.63) is 45.9 Å². The largest absolute Gasteiger partial charge is 0.444 e. The number of carbonyl (C=O) groups is 1. The zero-order valence-electron chi connectivity index (χ0n) is 27.2. The summed E-state index contributed by atoms with van der Waals surface area (Å²) in [5, 5.41) is 0.939. The van der Waals surface area contributed by atoms with E-state index >= 15 is 0 Å². The maximum absolute atomic E-state index is 12.9. The Morgan fingerprint density at radius 1 is 1.05 bits per heavy atom. The van der Waals surface area contributed by atoms with E-state index in [-0.39, 0.29) is 11.1 Å². The summed E-state index contributed by atoms with van der Waals surface area (Å²) in [7, 11) is -1.87. The number of pyridine rings is 1. The number of nitrogens with zero attached hydrogens (tertiary/aromatic N) is 3. The molecule has 2 aliphatic heterocycles. The van der Waals surface area contributed by atoms with Crippen molar-refractivity contribution in [1.29, 1.82) is 0 Å². The highest BCUT2D eigenvalue weighted by molar-refractivity contribution is 7.19. The highest BCUT2D eigenvalue weighted by Gasteiger charge is 2.37. The van der Waals surface area contributed by atoms with Crippen molar-refractivity contribution in [3.8, 4) is 11.1 Å². The van der Waals surface area contributed by atoms with Crippen molar-refractivity contribution >= 4 is 53.3 Å². The van der Waals surface area contributed by atoms with Crippen LogP contribution in [0.15, 0.2) is 30.5 Å². The van der Waals surface area contributed by atoms with Crippen LogP contribution in [0.1, 0.15) is 77.7 Å². The summed E-state index contributed by atoms with van der Waals surface area (Å²) in [4.78, 5) is 23.3. The van der Waals surface area contributed by atoms with Gasteiger partial charge in [0.25, 0.3) is 0 Å². The lowest BCUT2D eigenvalue weighted by Crippen LogP contribution is -2.41. The van der Waals surface area contributed by atoms with E-state index in [1.54, 1.807) is 11.3 Å². The first-order chi connectivity index (χ1) is 20.1. The quantitative estimate of drug-likeness (QED) is 0.260. The molecule has 1 saturated heterocycles. The van der Waals surface area contributed by atoms with Crippen molar-refractivity contribution < 1.29 is 14.0 Å². The van der Waals surface area contributed by atoms with Crippen LogP contribution in [0.4, 0.5) is 10.5 Å². The third-order valence-corrected chi connectivity index (χ3v) is 15.0. The molecule has 43 heavy (non-hydrogen) atoms. The van der Waals surface area contributed by atoms with Crippen molar-refractivity contribution in [3.63, 3.8) is 0 Å². The van der Waals surface area contributed by atoms with Gasteiger partial charge in [0.05, 0.1) is 16.8 Å². The molecule has 2 aromatic heterocycles. The summed E-state index contributed by atoms with van der Waals surface area (Å²) in [6.07, 6.45) is 6.75. The molecule has 4 heterocycles. The van der Waals surface area contributed by atoms with Gasteiger partial charge in [-0.05, 0) is 101 Å². The SMILES string of the molecule is CC(C)(C)OC(=O)N1CCCC(N2CCCc3cc(Cl)cc(-c4ccnc5cc(CO[Si](C)(C)C(C)(C)C)sc45)c32)CC1. The molecule has 0 bridgehead atoms. The predicted molar refractivity (Wildman–Crippen MR) is 183 cm³/mol. The van der Waals surface area contributed by atoms with Gasteiger partial charge in [0, 0.05) is 58.6 Å². The Kier molecular flexibility index (Phi) is 9.26. The molecule has 1 amide bonds. The smallest absolute Gasteiger partial charge is 0.410 e. The number of ether oxygens (including phenoxy) is 1. The van der Waals surface area contributed by atoms with Gasteiger partial charge in [0.15, 0.2) is 8.32 Å². The minimum Gasteiger partial charge on any atom is -0.444 e. The van der Waals surface area contributed by atoms with Crippen LogP contribution in [-0.2, 0) is 22.2 Å². The molecule has 3 aromatic rings. The highest BCUT2D eigenvalue weighted by Crippen LogP contribution is 2.45. The summed E-state index contributed by atoms with van der Waals surface area (Å²) in [5.41, 5.74) is 5.49. The first-order valence-electron chi connectivity index (χ1n) is 15.7. The molecule has 0 N–H and O–H groups in total. The molecule has 0 radical (unpaired) electrons. The summed E-state index contributed by atoms with van der Waals surface area (Å²) >= 11 is 8.58. The number of amides is 1. The van der Waals surface area contributed by atoms with Crippen LogP contribution in [0, 0.1) is 0 Å². The zero-order chi connectivity index (χ0) is 31.2. The van der Waals surface area contributed by atoms with E-state index in [4.69, 9.17) is 25.7 Å². The number of aromatic nitrogens is 1. The van der Waals surface area contributed by atoms with Gasteiger partial charge in [0.2, 0.25) is 0 Å². The normalized spacial score (nSPS) is 18.5. The number of aryl methyl sites for hydroxylation is 1. The zero-order valence-corrected chi connectivity index (χ0v) is 29.8. The summed E-state index contributed by atoms with van der Waals surface area (Å²) in [5.74, 6) is 0. The Morgan fingerprint density at radius 2 is 1.81 bits per heavy atom. The first-order valence-corrected chi connectivity index (χ1v) is 19.8. The number of likely N-dealkylation sites (tertiary alicyclic amines) is 1. The average Bonchev–Trinajstić information content (AvgIpc) is 3.17. The van der Waals surface area contributed by atoms with Crippen molar-refractivity contribution in [1.82, 2.24) is 9.88 Å². The summed E-state index contributed by atoms with van der Waals surface area (Å²) < 4.78 is 13.5. The molecule has 0 saturated carbocycles. The lowest BCUT2D eigenvalue weighted by atomic mass is 9.91. The fourth-order valence-electron chi connectivity index (χ4n) is 5.95. The minimum absolute atomic E-state index is 0.165. The van der Waals surface area contributed by atoms with Crippen molar-refractivity contribution in [2.75, 3.05) is 24.5 Å². The number of halogens is 1. The molecule has 6 nitrogen and oxygen atoms in total. The number of benzene rings is 1. The van der Waals surface area contributed by atoms with Crippen LogP contribution in [0.25, 0.3) is 21.3 Å². The molecule has 1 fully saturated rings. The molecular weight excluding hydrogens is 594 g/mol. The van der Waals surface area contributed by atoms with Gasteiger partial charge >= 0.3 is 6.09 Å². The van der Waals surface area contributed by atoms with Crippen LogP contribution >= 0.6 is 22.9 Å². The molecule has 9 heteroatoms. The second kappa shape index (κ2) is 12.3. The van der Waals surface area contributed by atoms with E-state index in [9.17, 15) is 4.79 Å². The number of rotatable bonds is 5. The molecule has 2 aliphatic rings. The topological polar surface area (TPSA) is 54.9 Å². The Balaban J connectivity index is 1.46. The van der Waals surface area contributed by atoms with E-state index in [1.807, 2.05) is 31.9 Å². The third kappa shape index (κ3) is 7.24. The van der Waals surface area contributed by atoms with Gasteiger partial charge in [-0.25, -0.2) is 4.79 Å². The third-order valence-electron chi connectivity index (χ3n) is 9.21. The monoisotopic (exact) mass is 641 g/mol. The molecule has 0 spiro atoms. The van der Waals surface area contributed by atoms with Crippen LogP contribution in [-0.4, -0.2) is 55.6 Å². The van der Waals surface area contributed by atoms with Crippen LogP contribution in [0.2, 0.25) is 23.2 Å². The lowest BCUT2D eigenvalue weighted by Gasteiger charge is -2.39. The second-order valence-electron chi connectivity index (χ2n) is 14.6. The molecule has 1 unspecified atom stereocenters. The number of hydrogen-bond donors (Lipinski definition) is 0.